The molecule has 18 heavy (non-hydrogen) atoms. The Morgan fingerprint density at radius 1 is 1.39 bits per heavy atom. The molecule has 4 nitrogen and oxygen atoms in total. The highest BCUT2D eigenvalue weighted by molar-refractivity contribution is 5.14. The molecule has 2 heterocycles. The van der Waals surface area contributed by atoms with Crippen LogP contribution in [0.25, 0.3) is 0 Å². The summed E-state index contributed by atoms with van der Waals surface area (Å²) < 4.78 is 7.54. The van der Waals surface area contributed by atoms with Crippen molar-refractivity contribution in [1.29, 1.82) is 0 Å². The average Bonchev–Trinajstić information content (AvgIpc) is 2.71. The molecule has 0 N–H and O–H groups in total. The molecule has 0 bridgehead atoms. The van der Waals surface area contributed by atoms with Gasteiger partial charge in [0, 0.05) is 37.9 Å². The van der Waals surface area contributed by atoms with Crippen LogP contribution in [0.15, 0.2) is 6.20 Å². The largest absolute Gasteiger partial charge is 0.383 e. The van der Waals surface area contributed by atoms with Gasteiger partial charge in [-0.3, -0.25) is 4.90 Å². The van der Waals surface area contributed by atoms with Crippen LogP contribution in [0.3, 0.4) is 0 Å². The Labute approximate surface area is 110 Å². The summed E-state index contributed by atoms with van der Waals surface area (Å²) in [6.45, 7) is 12.7. The van der Waals surface area contributed by atoms with E-state index in [0.717, 1.165) is 26.2 Å². The highest BCUT2D eigenvalue weighted by Crippen LogP contribution is 2.23. The first-order valence-electron chi connectivity index (χ1n) is 6.71. The zero-order valence-corrected chi connectivity index (χ0v) is 12.2. The van der Waals surface area contributed by atoms with Crippen LogP contribution in [-0.2, 0) is 23.2 Å². The monoisotopic (exact) mass is 251 g/mol. The smallest absolute Gasteiger partial charge is 0.123 e. The van der Waals surface area contributed by atoms with Crippen LogP contribution in [0.2, 0.25) is 0 Å². The van der Waals surface area contributed by atoms with Gasteiger partial charge in [-0.2, -0.15) is 0 Å². The van der Waals surface area contributed by atoms with Gasteiger partial charge in [-0.15, -0.1) is 0 Å². The van der Waals surface area contributed by atoms with Crippen LogP contribution in [0.4, 0.5) is 0 Å². The Kier molecular flexibility index (Phi) is 3.78. The van der Waals surface area contributed by atoms with Crippen LogP contribution >= 0.6 is 0 Å². The molecule has 1 unspecified atom stereocenters. The van der Waals surface area contributed by atoms with Gasteiger partial charge in [0.2, 0.25) is 0 Å². The first-order valence-corrected chi connectivity index (χ1v) is 6.71. The fourth-order valence-corrected chi connectivity index (χ4v) is 2.36. The van der Waals surface area contributed by atoms with Gasteiger partial charge in [-0.05, 0) is 6.92 Å². The average molecular weight is 251 g/mol. The van der Waals surface area contributed by atoms with E-state index in [-0.39, 0.29) is 5.41 Å². The summed E-state index contributed by atoms with van der Waals surface area (Å²) in [5, 5.41) is 0. The van der Waals surface area contributed by atoms with Gasteiger partial charge in [0.1, 0.15) is 5.82 Å². The second-order valence-electron chi connectivity index (χ2n) is 6.26. The van der Waals surface area contributed by atoms with Crippen LogP contribution in [0, 0.1) is 0 Å². The Balaban J connectivity index is 2.12. The number of nitrogens with zero attached hydrogens (tertiary/aromatic N) is 3. The predicted molar refractivity (Wildman–Crippen MR) is 72.7 cm³/mol. The minimum Gasteiger partial charge on any atom is -0.383 e. The normalized spacial score (nSPS) is 18.7. The summed E-state index contributed by atoms with van der Waals surface area (Å²) in [6.07, 6.45) is 2.22. The molecule has 0 aliphatic carbocycles. The molecular weight excluding hydrogens is 226 g/mol. The molecule has 0 amide bonds. The van der Waals surface area contributed by atoms with Gasteiger partial charge >= 0.3 is 0 Å². The molecule has 0 spiro atoms. The highest BCUT2D eigenvalue weighted by Gasteiger charge is 2.25. The number of imidazole rings is 1. The quantitative estimate of drug-likeness (QED) is 0.823. The first-order chi connectivity index (χ1) is 8.41. The van der Waals surface area contributed by atoms with Crippen molar-refractivity contribution in [2.45, 2.75) is 52.2 Å². The Morgan fingerprint density at radius 3 is 2.72 bits per heavy atom. The third-order valence-corrected chi connectivity index (χ3v) is 3.63. The first kappa shape index (κ1) is 13.6. The van der Waals surface area contributed by atoms with Crippen molar-refractivity contribution in [3.05, 3.63) is 17.7 Å². The summed E-state index contributed by atoms with van der Waals surface area (Å²) in [7, 11) is 1.76. The Bertz CT molecular complexity index is 406. The number of aromatic nitrogens is 2. The molecule has 1 aromatic heterocycles. The van der Waals surface area contributed by atoms with Crippen molar-refractivity contribution >= 4 is 0 Å². The van der Waals surface area contributed by atoms with Crippen molar-refractivity contribution in [3.8, 4) is 0 Å². The molecule has 0 saturated heterocycles. The lowest BCUT2D eigenvalue weighted by atomic mass is 9.93. The Hall–Kier alpha value is -0.870. The van der Waals surface area contributed by atoms with E-state index in [2.05, 4.69) is 43.4 Å². The van der Waals surface area contributed by atoms with Gasteiger partial charge in [0.05, 0.1) is 18.8 Å². The molecule has 1 aliphatic rings. The topological polar surface area (TPSA) is 30.3 Å². The SMILES string of the molecule is COCC(C)N1CCn2cc(C(C)(C)C)nc2C1. The van der Waals surface area contributed by atoms with E-state index >= 15 is 0 Å². The van der Waals surface area contributed by atoms with Gasteiger partial charge in [-0.1, -0.05) is 20.8 Å². The van der Waals surface area contributed by atoms with E-state index < -0.39 is 0 Å². The lowest BCUT2D eigenvalue weighted by molar-refractivity contribution is 0.0804. The van der Waals surface area contributed by atoms with Crippen LogP contribution in [0.5, 0.6) is 0 Å². The number of methoxy groups -OCH3 is 1. The maximum atomic E-state index is 5.24. The number of rotatable bonds is 3. The third kappa shape index (κ3) is 2.75. The Morgan fingerprint density at radius 2 is 2.11 bits per heavy atom. The standard InChI is InChI=1S/C14H25N3O/c1-11(10-18-5)16-6-7-17-8-12(14(2,3)4)15-13(17)9-16/h8,11H,6-7,9-10H2,1-5H3. The molecular formula is C14H25N3O. The summed E-state index contributed by atoms with van der Waals surface area (Å²) >= 11 is 0. The number of hydrogen-bond donors (Lipinski definition) is 0. The van der Waals surface area contributed by atoms with Crippen LogP contribution < -0.4 is 0 Å². The minimum atomic E-state index is 0.132. The summed E-state index contributed by atoms with van der Waals surface area (Å²) in [5.41, 5.74) is 1.33. The van der Waals surface area contributed by atoms with E-state index in [9.17, 15) is 0 Å². The molecule has 1 aromatic rings. The molecule has 0 aromatic carbocycles. The van der Waals surface area contributed by atoms with Gasteiger partial charge in [0.25, 0.3) is 0 Å². The van der Waals surface area contributed by atoms with Gasteiger partial charge in [-0.25, -0.2) is 4.98 Å². The van der Waals surface area contributed by atoms with Crippen LogP contribution in [0.1, 0.15) is 39.2 Å². The highest BCUT2D eigenvalue weighted by atomic mass is 16.5. The molecule has 0 radical (unpaired) electrons. The summed E-state index contributed by atoms with van der Waals surface area (Å²) in [4.78, 5) is 7.24. The molecule has 0 saturated carbocycles. The maximum Gasteiger partial charge on any atom is 0.123 e. The van der Waals surface area contributed by atoms with Gasteiger partial charge < -0.3 is 9.30 Å². The van der Waals surface area contributed by atoms with E-state index in [1.54, 1.807) is 7.11 Å². The summed E-state index contributed by atoms with van der Waals surface area (Å²) in [6, 6.07) is 0.457. The van der Waals surface area contributed by atoms with Crippen LogP contribution in [-0.4, -0.2) is 40.8 Å². The van der Waals surface area contributed by atoms with E-state index in [4.69, 9.17) is 9.72 Å². The number of fused-ring (bicyclic) bond motifs is 1. The zero-order chi connectivity index (χ0) is 13.3. The molecule has 4 heteroatoms. The molecule has 1 atom stereocenters. The fourth-order valence-electron chi connectivity index (χ4n) is 2.36. The second-order valence-corrected chi connectivity index (χ2v) is 6.26. The predicted octanol–water partition coefficient (Wildman–Crippen LogP) is 2.03. The van der Waals surface area contributed by atoms with Crippen molar-refractivity contribution in [2.24, 2.45) is 0 Å². The third-order valence-electron chi connectivity index (χ3n) is 3.63. The molecule has 0 fully saturated rings. The lowest BCUT2D eigenvalue weighted by Gasteiger charge is -2.32. The lowest BCUT2D eigenvalue weighted by Crippen LogP contribution is -2.41. The summed E-state index contributed by atoms with van der Waals surface area (Å²) in [5.74, 6) is 1.19. The van der Waals surface area contributed by atoms with E-state index in [0.29, 0.717) is 6.04 Å². The van der Waals surface area contributed by atoms with Crippen molar-refractivity contribution in [3.63, 3.8) is 0 Å². The van der Waals surface area contributed by atoms with E-state index in [1.165, 1.54) is 11.5 Å². The fraction of sp³-hybridized carbons (Fsp3) is 0.786. The van der Waals surface area contributed by atoms with E-state index in [1.807, 2.05) is 0 Å². The molecule has 2 rings (SSSR count). The molecule has 102 valence electrons. The maximum absolute atomic E-state index is 5.24. The minimum absolute atomic E-state index is 0.132. The van der Waals surface area contributed by atoms with Gasteiger partial charge in [0.15, 0.2) is 0 Å². The zero-order valence-electron chi connectivity index (χ0n) is 12.2. The molecule has 1 aliphatic heterocycles. The van der Waals surface area contributed by atoms with Crippen molar-refractivity contribution in [2.75, 3.05) is 20.3 Å². The second kappa shape index (κ2) is 5.02. The van der Waals surface area contributed by atoms with Crippen molar-refractivity contribution < 1.29 is 4.74 Å². The van der Waals surface area contributed by atoms with Crippen molar-refractivity contribution in [1.82, 2.24) is 14.5 Å². The number of ether oxygens (including phenoxy) is 1. The number of hydrogen-bond acceptors (Lipinski definition) is 3.